The van der Waals surface area contributed by atoms with Crippen molar-refractivity contribution in [2.24, 2.45) is 12.0 Å². The van der Waals surface area contributed by atoms with Crippen molar-refractivity contribution < 1.29 is 0 Å². The third-order valence-corrected chi connectivity index (χ3v) is 5.34. The van der Waals surface area contributed by atoms with Crippen molar-refractivity contribution in [1.82, 2.24) is 25.4 Å². The van der Waals surface area contributed by atoms with Gasteiger partial charge >= 0.3 is 0 Å². The standard InChI is InChI=1S/C23H39N7.HI/c1-6-7-9-13-19(2)26-23(25-18-22-28-27-20(3)30(22)5)24-16-12-17-29(4)21-14-10-8-11-15-21;/h8,10-11,14-15,19H,6-7,9,12-13,16-18H2,1-5H3,(H2,24,25,26);1H. The molecule has 1 aromatic heterocycles. The van der Waals surface area contributed by atoms with Gasteiger partial charge in [-0.3, -0.25) is 0 Å². The lowest BCUT2D eigenvalue weighted by Crippen LogP contribution is -2.43. The van der Waals surface area contributed by atoms with E-state index < -0.39 is 0 Å². The topological polar surface area (TPSA) is 70.4 Å². The van der Waals surface area contributed by atoms with Crippen LogP contribution in [0.15, 0.2) is 35.3 Å². The molecule has 0 fully saturated rings. The van der Waals surface area contributed by atoms with Crippen molar-refractivity contribution in [2.45, 2.75) is 65.5 Å². The Morgan fingerprint density at radius 3 is 2.55 bits per heavy atom. The van der Waals surface area contributed by atoms with Crippen LogP contribution in [0.1, 0.15) is 57.6 Å². The van der Waals surface area contributed by atoms with Crippen LogP contribution in [0.3, 0.4) is 0 Å². The lowest BCUT2D eigenvalue weighted by molar-refractivity contribution is 0.544. The molecule has 174 valence electrons. The molecular formula is C23H40IN7. The summed E-state index contributed by atoms with van der Waals surface area (Å²) >= 11 is 0. The zero-order valence-electron chi connectivity index (χ0n) is 19.8. The smallest absolute Gasteiger partial charge is 0.191 e. The lowest BCUT2D eigenvalue weighted by Gasteiger charge is -2.21. The fourth-order valence-electron chi connectivity index (χ4n) is 3.23. The Balaban J connectivity index is 0.00000480. The van der Waals surface area contributed by atoms with E-state index in [-0.39, 0.29) is 24.0 Å². The van der Waals surface area contributed by atoms with Crippen molar-refractivity contribution in [3.8, 4) is 0 Å². The highest BCUT2D eigenvalue weighted by molar-refractivity contribution is 14.0. The maximum absolute atomic E-state index is 4.77. The van der Waals surface area contributed by atoms with Gasteiger partial charge in [0.2, 0.25) is 0 Å². The van der Waals surface area contributed by atoms with Gasteiger partial charge in [0.05, 0.1) is 0 Å². The minimum Gasteiger partial charge on any atom is -0.375 e. The van der Waals surface area contributed by atoms with Gasteiger partial charge in [-0.25, -0.2) is 4.99 Å². The molecule has 1 heterocycles. The monoisotopic (exact) mass is 541 g/mol. The van der Waals surface area contributed by atoms with Gasteiger partial charge in [-0.2, -0.15) is 0 Å². The normalized spacial score (nSPS) is 12.2. The first-order valence-electron chi connectivity index (χ1n) is 11.2. The summed E-state index contributed by atoms with van der Waals surface area (Å²) in [4.78, 5) is 7.05. The van der Waals surface area contributed by atoms with Crippen molar-refractivity contribution in [3.63, 3.8) is 0 Å². The number of unbranched alkanes of at least 4 members (excludes halogenated alkanes) is 2. The van der Waals surface area contributed by atoms with Gasteiger partial charge in [0, 0.05) is 38.9 Å². The van der Waals surface area contributed by atoms with Crippen LogP contribution in [0.2, 0.25) is 0 Å². The van der Waals surface area contributed by atoms with E-state index in [1.807, 2.05) is 24.6 Å². The molecule has 0 spiro atoms. The minimum absolute atomic E-state index is 0. The molecule has 1 unspecified atom stereocenters. The zero-order valence-corrected chi connectivity index (χ0v) is 22.1. The molecule has 0 aliphatic heterocycles. The number of halogens is 1. The van der Waals surface area contributed by atoms with Crippen LogP contribution >= 0.6 is 24.0 Å². The Kier molecular flexibility index (Phi) is 13.2. The SMILES string of the molecule is CCCCCC(C)NC(=NCc1nnc(C)n1C)NCCCN(C)c1ccccc1.I. The molecule has 2 N–H and O–H groups in total. The highest BCUT2D eigenvalue weighted by Gasteiger charge is 2.08. The Labute approximate surface area is 205 Å². The van der Waals surface area contributed by atoms with Gasteiger partial charge in [-0.05, 0) is 38.8 Å². The maximum atomic E-state index is 4.77. The molecule has 0 bridgehead atoms. The predicted molar refractivity (Wildman–Crippen MR) is 141 cm³/mol. The van der Waals surface area contributed by atoms with Crippen LogP contribution in [0.5, 0.6) is 0 Å². The Morgan fingerprint density at radius 1 is 1.16 bits per heavy atom. The fourth-order valence-corrected chi connectivity index (χ4v) is 3.23. The van der Waals surface area contributed by atoms with Crippen molar-refractivity contribution >= 4 is 35.6 Å². The first kappa shape index (κ1) is 27.2. The predicted octanol–water partition coefficient (Wildman–Crippen LogP) is 4.27. The summed E-state index contributed by atoms with van der Waals surface area (Å²) in [5.41, 5.74) is 1.24. The molecule has 2 rings (SSSR count). The number of aliphatic imine (C=N–C) groups is 1. The van der Waals surface area contributed by atoms with Gasteiger partial charge in [0.25, 0.3) is 0 Å². The Bertz CT molecular complexity index is 761. The average Bonchev–Trinajstić information content (AvgIpc) is 3.07. The van der Waals surface area contributed by atoms with E-state index >= 15 is 0 Å². The number of guanidine groups is 1. The highest BCUT2D eigenvalue weighted by atomic mass is 127. The van der Waals surface area contributed by atoms with E-state index in [0.717, 1.165) is 43.5 Å². The molecule has 31 heavy (non-hydrogen) atoms. The molecule has 0 radical (unpaired) electrons. The molecule has 0 amide bonds. The lowest BCUT2D eigenvalue weighted by atomic mass is 10.1. The van der Waals surface area contributed by atoms with Crippen LogP contribution in [-0.4, -0.2) is 46.9 Å². The van der Waals surface area contributed by atoms with Gasteiger partial charge in [-0.1, -0.05) is 44.4 Å². The number of hydrogen-bond donors (Lipinski definition) is 2. The van der Waals surface area contributed by atoms with Crippen LogP contribution in [0, 0.1) is 6.92 Å². The quantitative estimate of drug-likeness (QED) is 0.182. The van der Waals surface area contributed by atoms with E-state index in [2.05, 4.69) is 70.9 Å². The third kappa shape index (κ3) is 9.88. The summed E-state index contributed by atoms with van der Waals surface area (Å²) in [6.45, 7) is 8.78. The molecule has 0 aliphatic rings. The summed E-state index contributed by atoms with van der Waals surface area (Å²) in [6.07, 6.45) is 5.93. The van der Waals surface area contributed by atoms with E-state index in [4.69, 9.17) is 4.99 Å². The molecular weight excluding hydrogens is 501 g/mol. The van der Waals surface area contributed by atoms with Gasteiger partial charge < -0.3 is 20.1 Å². The number of nitrogens with zero attached hydrogens (tertiary/aromatic N) is 5. The molecule has 7 nitrogen and oxygen atoms in total. The average molecular weight is 542 g/mol. The minimum atomic E-state index is 0. The molecule has 8 heteroatoms. The Hall–Kier alpha value is -1.84. The fraction of sp³-hybridized carbons (Fsp3) is 0.609. The van der Waals surface area contributed by atoms with E-state index in [9.17, 15) is 0 Å². The second-order valence-electron chi connectivity index (χ2n) is 7.97. The number of rotatable bonds is 12. The number of hydrogen-bond acceptors (Lipinski definition) is 4. The summed E-state index contributed by atoms with van der Waals surface area (Å²) in [5, 5.41) is 15.4. The summed E-state index contributed by atoms with van der Waals surface area (Å²) in [6, 6.07) is 10.9. The third-order valence-electron chi connectivity index (χ3n) is 5.34. The van der Waals surface area contributed by atoms with Crippen molar-refractivity contribution in [2.75, 3.05) is 25.0 Å². The number of aromatic nitrogens is 3. The molecule has 1 atom stereocenters. The van der Waals surface area contributed by atoms with Crippen LogP contribution in [-0.2, 0) is 13.6 Å². The molecule has 2 aromatic rings. The second kappa shape index (κ2) is 15.0. The molecule has 0 saturated heterocycles. The number of aryl methyl sites for hydroxylation is 1. The highest BCUT2D eigenvalue weighted by Crippen LogP contribution is 2.10. The van der Waals surface area contributed by atoms with Gasteiger partial charge in [0.15, 0.2) is 11.8 Å². The van der Waals surface area contributed by atoms with E-state index in [1.165, 1.54) is 24.9 Å². The zero-order chi connectivity index (χ0) is 21.8. The Morgan fingerprint density at radius 2 is 1.90 bits per heavy atom. The van der Waals surface area contributed by atoms with Crippen LogP contribution < -0.4 is 15.5 Å². The summed E-state index contributed by atoms with van der Waals surface area (Å²) in [5.74, 6) is 2.62. The largest absolute Gasteiger partial charge is 0.375 e. The molecule has 1 aromatic carbocycles. The number of benzene rings is 1. The molecule has 0 saturated carbocycles. The second-order valence-corrected chi connectivity index (χ2v) is 7.97. The van der Waals surface area contributed by atoms with E-state index in [1.54, 1.807) is 0 Å². The number of anilines is 1. The van der Waals surface area contributed by atoms with Crippen LogP contribution in [0.4, 0.5) is 5.69 Å². The van der Waals surface area contributed by atoms with Crippen molar-refractivity contribution in [3.05, 3.63) is 42.0 Å². The summed E-state index contributed by atoms with van der Waals surface area (Å²) in [7, 11) is 4.11. The van der Waals surface area contributed by atoms with Gasteiger partial charge in [-0.15, -0.1) is 34.2 Å². The van der Waals surface area contributed by atoms with E-state index in [0.29, 0.717) is 12.6 Å². The van der Waals surface area contributed by atoms with Crippen molar-refractivity contribution in [1.29, 1.82) is 0 Å². The van der Waals surface area contributed by atoms with Gasteiger partial charge in [0.1, 0.15) is 12.4 Å². The number of para-hydroxylation sites is 1. The molecule has 0 aliphatic carbocycles. The van der Waals surface area contributed by atoms with Crippen LogP contribution in [0.25, 0.3) is 0 Å². The maximum Gasteiger partial charge on any atom is 0.191 e. The number of nitrogens with one attached hydrogen (secondary N) is 2. The summed E-state index contributed by atoms with van der Waals surface area (Å²) < 4.78 is 1.99. The first-order valence-corrected chi connectivity index (χ1v) is 11.2. The first-order chi connectivity index (χ1) is 14.5.